The van der Waals surface area contributed by atoms with Crippen molar-refractivity contribution in [3.63, 3.8) is 0 Å². The predicted octanol–water partition coefficient (Wildman–Crippen LogP) is -3.30. The van der Waals surface area contributed by atoms with Crippen LogP contribution in [0.1, 0.15) is 38.1 Å². The van der Waals surface area contributed by atoms with Gasteiger partial charge in [0.1, 0.15) is 6.20 Å². The van der Waals surface area contributed by atoms with Crippen LogP contribution in [0, 0.1) is 10.2 Å². The number of anilines is 1. The third kappa shape index (κ3) is 6.67. The molecule has 1 fully saturated rings. The average molecular weight is 278 g/mol. The Labute approximate surface area is 107 Å². The Morgan fingerprint density at radius 2 is 1.72 bits per heavy atom. The first-order valence-electron chi connectivity index (χ1n) is 5.61. The molecule has 0 saturated heterocycles. The van der Waals surface area contributed by atoms with Crippen LogP contribution < -0.4 is 29.1 Å². The van der Waals surface area contributed by atoms with Crippen molar-refractivity contribution in [2.75, 3.05) is 5.73 Å². The van der Waals surface area contributed by atoms with Crippen LogP contribution in [0.3, 0.4) is 0 Å². The number of rotatable bonds is 1. The summed E-state index contributed by atoms with van der Waals surface area (Å²) in [6, 6.07) is 2.52. The molecule has 2 N–H and O–H groups in total. The van der Waals surface area contributed by atoms with E-state index in [1.807, 2.05) is 12.3 Å². The summed E-state index contributed by atoms with van der Waals surface area (Å²) in [4.78, 5) is 0. The molecule has 1 heterocycles. The Balaban J connectivity index is 0.000000280. The fourth-order valence-electron chi connectivity index (χ4n) is 1.94. The normalized spacial score (nSPS) is 16.9. The molecule has 0 spiro atoms. The average Bonchev–Trinajstić information content (AvgIpc) is 2.29. The van der Waals surface area contributed by atoms with Crippen molar-refractivity contribution in [1.29, 1.82) is 0 Å². The smallest absolute Gasteiger partial charge is 0.198 e. The maximum Gasteiger partial charge on any atom is 0.198 e. The highest BCUT2D eigenvalue weighted by Crippen LogP contribution is 2.22. The van der Waals surface area contributed by atoms with Crippen molar-refractivity contribution in [1.82, 2.24) is 5.10 Å². The maximum absolute atomic E-state index is 8.49. The third-order valence-corrected chi connectivity index (χ3v) is 2.71. The van der Waals surface area contributed by atoms with Crippen LogP contribution in [0.5, 0.6) is 0 Å². The Hall–Kier alpha value is -0.990. The van der Waals surface area contributed by atoms with Gasteiger partial charge in [-0.3, -0.25) is 0 Å². The van der Waals surface area contributed by atoms with E-state index in [4.69, 9.17) is 24.4 Å². The lowest BCUT2D eigenvalue weighted by molar-refractivity contribution is -2.00. The number of hydrogen-bond acceptors (Lipinski definition) is 6. The minimum absolute atomic E-state index is 0.606. The molecule has 1 aliphatic carbocycles. The monoisotopic (exact) mass is 277 g/mol. The molecule has 1 aromatic heterocycles. The van der Waals surface area contributed by atoms with E-state index in [1.165, 1.54) is 32.1 Å². The second-order valence-electron chi connectivity index (χ2n) is 4.11. The summed E-state index contributed by atoms with van der Waals surface area (Å²) in [5, 5.41) is 4.29. The Morgan fingerprint density at radius 3 is 2.17 bits per heavy atom. The minimum Gasteiger partial charge on any atom is -0.397 e. The SMILES string of the molecule is Nc1cc[n+](C2CCCCC2)nc1.[O-][Cl+3]([O-])([O-])[O-]. The van der Waals surface area contributed by atoms with Gasteiger partial charge in [0.15, 0.2) is 12.2 Å². The topological polar surface area (TPSA) is 135 Å². The fraction of sp³-hybridized carbons (Fsp3) is 0.600. The third-order valence-electron chi connectivity index (χ3n) is 2.71. The van der Waals surface area contributed by atoms with Crippen molar-refractivity contribution >= 4 is 5.69 Å². The molecular formula is C10H16ClN3O4. The molecule has 0 amide bonds. The molecular weight excluding hydrogens is 262 g/mol. The molecule has 8 heteroatoms. The van der Waals surface area contributed by atoms with Crippen LogP contribution in [-0.2, 0) is 0 Å². The first kappa shape index (κ1) is 15.1. The molecule has 1 saturated carbocycles. The molecule has 0 bridgehead atoms. The summed E-state index contributed by atoms with van der Waals surface area (Å²) < 4.78 is 36.0. The Bertz CT molecular complexity index is 343. The molecule has 1 aliphatic rings. The standard InChI is InChI=1S/C10H15N3.ClHO4/c11-9-6-7-13(12-8-9)10-4-2-1-3-5-10;2-1(3,4)5/h6-8,10-11H,1-5H2;(H,2,3,4,5). The van der Waals surface area contributed by atoms with E-state index >= 15 is 0 Å². The van der Waals surface area contributed by atoms with Gasteiger partial charge in [0.05, 0.1) is 5.69 Å². The predicted molar refractivity (Wildman–Crippen MR) is 51.0 cm³/mol. The Morgan fingerprint density at radius 1 is 1.17 bits per heavy atom. The van der Waals surface area contributed by atoms with Gasteiger partial charge in [-0.15, -0.1) is 10.2 Å². The lowest BCUT2D eigenvalue weighted by Gasteiger charge is -2.17. The highest BCUT2D eigenvalue weighted by atomic mass is 35.7. The van der Waals surface area contributed by atoms with Crippen LogP contribution in [0.15, 0.2) is 18.5 Å². The molecule has 0 radical (unpaired) electrons. The molecule has 2 rings (SSSR count). The minimum atomic E-state index is -4.94. The zero-order chi connectivity index (χ0) is 13.6. The molecule has 18 heavy (non-hydrogen) atoms. The molecule has 0 unspecified atom stereocenters. The molecule has 102 valence electrons. The lowest BCUT2D eigenvalue weighted by atomic mass is 9.96. The van der Waals surface area contributed by atoms with Crippen molar-refractivity contribution in [3.05, 3.63) is 18.5 Å². The van der Waals surface area contributed by atoms with Crippen molar-refractivity contribution in [3.8, 4) is 0 Å². The van der Waals surface area contributed by atoms with E-state index in [0.717, 1.165) is 5.69 Å². The van der Waals surface area contributed by atoms with Gasteiger partial charge in [-0.25, -0.2) is 18.6 Å². The van der Waals surface area contributed by atoms with Crippen molar-refractivity contribution in [2.45, 2.75) is 38.1 Å². The summed E-state index contributed by atoms with van der Waals surface area (Å²) in [6.07, 6.45) is 10.3. The van der Waals surface area contributed by atoms with Crippen LogP contribution in [-0.4, -0.2) is 5.10 Å². The molecule has 0 atom stereocenters. The number of halogens is 1. The zero-order valence-corrected chi connectivity index (χ0v) is 10.6. The quantitative estimate of drug-likeness (QED) is 0.534. The van der Waals surface area contributed by atoms with Gasteiger partial charge >= 0.3 is 0 Å². The Kier molecular flexibility index (Phi) is 5.70. The van der Waals surface area contributed by atoms with E-state index < -0.39 is 10.2 Å². The fourth-order valence-corrected chi connectivity index (χ4v) is 1.94. The van der Waals surface area contributed by atoms with Gasteiger partial charge in [-0.2, -0.15) is 0 Å². The molecule has 0 aromatic carbocycles. The highest BCUT2D eigenvalue weighted by molar-refractivity contribution is 5.30. The van der Waals surface area contributed by atoms with E-state index in [-0.39, 0.29) is 0 Å². The summed E-state index contributed by atoms with van der Waals surface area (Å²) in [5.41, 5.74) is 6.32. The van der Waals surface area contributed by atoms with E-state index in [0.29, 0.717) is 6.04 Å². The zero-order valence-electron chi connectivity index (χ0n) is 9.83. The van der Waals surface area contributed by atoms with Crippen LogP contribution in [0.25, 0.3) is 0 Å². The van der Waals surface area contributed by atoms with Gasteiger partial charge in [-0.1, -0.05) is 11.1 Å². The number of hydrogen-bond donors (Lipinski definition) is 1. The van der Waals surface area contributed by atoms with Crippen LogP contribution in [0.2, 0.25) is 0 Å². The van der Waals surface area contributed by atoms with Crippen LogP contribution in [0.4, 0.5) is 5.69 Å². The first-order chi connectivity index (χ1) is 8.36. The van der Waals surface area contributed by atoms with Crippen molar-refractivity contribution in [2.24, 2.45) is 0 Å². The summed E-state index contributed by atoms with van der Waals surface area (Å²) in [7, 11) is -4.94. The van der Waals surface area contributed by atoms with Gasteiger partial charge in [0.2, 0.25) is 0 Å². The second kappa shape index (κ2) is 6.81. The summed E-state index contributed by atoms with van der Waals surface area (Å²) in [6.45, 7) is 0. The van der Waals surface area contributed by atoms with Crippen LogP contribution >= 0.6 is 0 Å². The first-order valence-corrected chi connectivity index (χ1v) is 6.84. The summed E-state index contributed by atoms with van der Waals surface area (Å²) >= 11 is 0. The second-order valence-corrected chi connectivity index (χ2v) is 4.87. The molecule has 7 nitrogen and oxygen atoms in total. The van der Waals surface area contributed by atoms with E-state index in [9.17, 15) is 0 Å². The number of nitrogen functional groups attached to an aromatic ring is 1. The van der Waals surface area contributed by atoms with Gasteiger partial charge in [0.25, 0.3) is 0 Å². The van der Waals surface area contributed by atoms with Gasteiger partial charge in [-0.05, 0) is 17.9 Å². The van der Waals surface area contributed by atoms with E-state index in [1.54, 1.807) is 6.20 Å². The van der Waals surface area contributed by atoms with Gasteiger partial charge < -0.3 is 5.73 Å². The number of nitrogens with two attached hydrogens (primary N) is 1. The molecule has 0 aliphatic heterocycles. The van der Waals surface area contributed by atoms with Crippen molar-refractivity contribution < 1.29 is 33.6 Å². The van der Waals surface area contributed by atoms with E-state index in [2.05, 4.69) is 9.78 Å². The number of aromatic nitrogens is 2. The summed E-state index contributed by atoms with van der Waals surface area (Å²) in [5.74, 6) is 0. The largest absolute Gasteiger partial charge is 0.397 e. The number of nitrogens with zero attached hydrogens (tertiary/aromatic N) is 2. The maximum atomic E-state index is 8.49. The molecule has 1 aromatic rings. The van der Waals surface area contributed by atoms with Gasteiger partial charge in [0, 0.05) is 18.9 Å². The lowest BCUT2D eigenvalue weighted by Crippen LogP contribution is -2.68. The highest BCUT2D eigenvalue weighted by Gasteiger charge is 2.22.